The number of ketones is 1. The standard InChI is InChI=1S/C8H11BrO4/c1-2-13-8(11)5-3-12-4-6(9)7(5)10/h5-6H,2-4H2,1H3/t5-,6-/m0/s1. The van der Waals surface area contributed by atoms with Crippen LogP contribution in [0.4, 0.5) is 0 Å². The van der Waals surface area contributed by atoms with Gasteiger partial charge in [-0.25, -0.2) is 0 Å². The van der Waals surface area contributed by atoms with Gasteiger partial charge in [-0.05, 0) is 6.92 Å². The number of carbonyl (C=O) groups is 2. The number of ether oxygens (including phenoxy) is 2. The third kappa shape index (κ3) is 2.51. The van der Waals surface area contributed by atoms with E-state index in [0.717, 1.165) is 0 Å². The zero-order valence-corrected chi connectivity index (χ0v) is 8.87. The van der Waals surface area contributed by atoms with Crippen molar-refractivity contribution in [2.75, 3.05) is 19.8 Å². The minimum atomic E-state index is -0.752. The average molecular weight is 251 g/mol. The molecule has 0 aliphatic carbocycles. The molecule has 0 radical (unpaired) electrons. The Hall–Kier alpha value is -0.420. The van der Waals surface area contributed by atoms with Crippen molar-refractivity contribution in [1.29, 1.82) is 0 Å². The fourth-order valence-electron chi connectivity index (χ4n) is 1.10. The SMILES string of the molecule is CCOC(=O)[C@H]1COC[C@H](Br)C1=O. The molecule has 0 amide bonds. The van der Waals surface area contributed by atoms with Crippen molar-refractivity contribution in [1.82, 2.24) is 0 Å². The molecule has 0 bridgehead atoms. The second kappa shape index (κ2) is 4.72. The second-order valence-electron chi connectivity index (χ2n) is 2.71. The maximum atomic E-state index is 11.4. The van der Waals surface area contributed by atoms with Crippen LogP contribution in [-0.2, 0) is 19.1 Å². The summed E-state index contributed by atoms with van der Waals surface area (Å²) in [6.07, 6.45) is 0. The Balaban J connectivity index is 2.57. The van der Waals surface area contributed by atoms with Gasteiger partial charge in [0.05, 0.1) is 24.6 Å². The van der Waals surface area contributed by atoms with Crippen LogP contribution in [0, 0.1) is 5.92 Å². The van der Waals surface area contributed by atoms with Crippen LogP contribution in [0.3, 0.4) is 0 Å². The Morgan fingerprint density at radius 3 is 3.00 bits per heavy atom. The van der Waals surface area contributed by atoms with Crippen molar-refractivity contribution in [3.63, 3.8) is 0 Å². The van der Waals surface area contributed by atoms with Gasteiger partial charge in [-0.3, -0.25) is 9.59 Å². The molecule has 0 unspecified atom stereocenters. The Bertz CT molecular complexity index is 216. The number of hydrogen-bond acceptors (Lipinski definition) is 4. The molecule has 0 N–H and O–H groups in total. The number of alkyl halides is 1. The van der Waals surface area contributed by atoms with E-state index in [4.69, 9.17) is 9.47 Å². The minimum absolute atomic E-state index is 0.139. The molecule has 0 aromatic carbocycles. The summed E-state index contributed by atoms with van der Waals surface area (Å²) in [7, 11) is 0. The third-order valence-electron chi connectivity index (χ3n) is 1.77. The van der Waals surface area contributed by atoms with Gasteiger partial charge in [0.25, 0.3) is 0 Å². The van der Waals surface area contributed by atoms with Gasteiger partial charge >= 0.3 is 5.97 Å². The summed E-state index contributed by atoms with van der Waals surface area (Å²) in [5.74, 6) is -1.39. The number of hydrogen-bond donors (Lipinski definition) is 0. The van der Waals surface area contributed by atoms with Gasteiger partial charge in [0.2, 0.25) is 0 Å². The van der Waals surface area contributed by atoms with E-state index in [1.54, 1.807) is 6.92 Å². The molecule has 0 aromatic rings. The molecule has 1 heterocycles. The summed E-state index contributed by atoms with van der Waals surface area (Å²) >= 11 is 3.13. The summed E-state index contributed by atoms with van der Waals surface area (Å²) in [5.41, 5.74) is 0. The highest BCUT2D eigenvalue weighted by atomic mass is 79.9. The number of halogens is 1. The average Bonchev–Trinajstić information content (AvgIpc) is 2.10. The molecular weight excluding hydrogens is 240 g/mol. The highest BCUT2D eigenvalue weighted by Gasteiger charge is 2.36. The molecule has 1 aliphatic rings. The molecule has 13 heavy (non-hydrogen) atoms. The van der Waals surface area contributed by atoms with Crippen LogP contribution in [0.1, 0.15) is 6.92 Å². The molecule has 74 valence electrons. The summed E-state index contributed by atoms with van der Waals surface area (Å²) in [6.45, 7) is 2.46. The molecule has 0 saturated carbocycles. The molecular formula is C8H11BrO4. The van der Waals surface area contributed by atoms with Crippen molar-refractivity contribution in [3.8, 4) is 0 Å². The molecule has 2 atom stereocenters. The van der Waals surface area contributed by atoms with E-state index in [2.05, 4.69) is 15.9 Å². The van der Waals surface area contributed by atoms with Gasteiger partial charge < -0.3 is 9.47 Å². The predicted molar refractivity (Wildman–Crippen MR) is 48.7 cm³/mol. The Labute approximate surface area is 84.7 Å². The second-order valence-corrected chi connectivity index (χ2v) is 3.82. The van der Waals surface area contributed by atoms with Gasteiger partial charge in [0, 0.05) is 0 Å². The van der Waals surface area contributed by atoms with Crippen molar-refractivity contribution < 1.29 is 19.1 Å². The van der Waals surface area contributed by atoms with Gasteiger partial charge in [0.1, 0.15) is 5.92 Å². The van der Waals surface area contributed by atoms with Crippen LogP contribution in [0.5, 0.6) is 0 Å². The molecule has 1 saturated heterocycles. The topological polar surface area (TPSA) is 52.6 Å². The zero-order chi connectivity index (χ0) is 9.84. The molecule has 1 fully saturated rings. The Morgan fingerprint density at radius 1 is 1.69 bits per heavy atom. The Kier molecular flexibility index (Phi) is 3.87. The van der Waals surface area contributed by atoms with E-state index in [1.165, 1.54) is 0 Å². The fraction of sp³-hybridized carbons (Fsp3) is 0.750. The monoisotopic (exact) mass is 250 g/mol. The van der Waals surface area contributed by atoms with Gasteiger partial charge in [-0.1, -0.05) is 15.9 Å². The lowest BCUT2D eigenvalue weighted by Crippen LogP contribution is -2.41. The number of Topliss-reactive ketones (excluding diaryl/α,β-unsaturated/α-hetero) is 1. The quantitative estimate of drug-likeness (QED) is 0.408. The zero-order valence-electron chi connectivity index (χ0n) is 7.29. The lowest BCUT2D eigenvalue weighted by molar-refractivity contribution is -0.156. The predicted octanol–water partition coefficient (Wildman–Crippen LogP) is 0.528. The Morgan fingerprint density at radius 2 is 2.38 bits per heavy atom. The minimum Gasteiger partial charge on any atom is -0.465 e. The first-order valence-corrected chi connectivity index (χ1v) is 5.00. The largest absolute Gasteiger partial charge is 0.465 e. The third-order valence-corrected chi connectivity index (χ3v) is 2.49. The van der Waals surface area contributed by atoms with Crippen LogP contribution < -0.4 is 0 Å². The van der Waals surface area contributed by atoms with Crippen LogP contribution in [0.25, 0.3) is 0 Å². The van der Waals surface area contributed by atoms with Crippen LogP contribution in [-0.4, -0.2) is 36.4 Å². The first-order valence-electron chi connectivity index (χ1n) is 4.09. The maximum Gasteiger partial charge on any atom is 0.318 e. The molecule has 5 heteroatoms. The van der Waals surface area contributed by atoms with E-state index in [9.17, 15) is 9.59 Å². The van der Waals surface area contributed by atoms with E-state index in [-0.39, 0.29) is 23.8 Å². The molecule has 4 nitrogen and oxygen atoms in total. The van der Waals surface area contributed by atoms with Crippen molar-refractivity contribution >= 4 is 27.7 Å². The van der Waals surface area contributed by atoms with Crippen molar-refractivity contribution in [2.45, 2.75) is 11.8 Å². The van der Waals surface area contributed by atoms with Crippen molar-refractivity contribution in [2.24, 2.45) is 5.92 Å². The number of esters is 1. The fourth-order valence-corrected chi connectivity index (χ4v) is 1.60. The number of rotatable bonds is 2. The van der Waals surface area contributed by atoms with Crippen LogP contribution >= 0.6 is 15.9 Å². The molecule has 0 spiro atoms. The molecule has 0 aromatic heterocycles. The maximum absolute atomic E-state index is 11.4. The summed E-state index contributed by atoms with van der Waals surface area (Å²) in [4.78, 5) is 22.2. The smallest absolute Gasteiger partial charge is 0.318 e. The van der Waals surface area contributed by atoms with Crippen molar-refractivity contribution in [3.05, 3.63) is 0 Å². The van der Waals surface area contributed by atoms with E-state index < -0.39 is 11.9 Å². The van der Waals surface area contributed by atoms with E-state index in [1.807, 2.05) is 0 Å². The van der Waals surface area contributed by atoms with Crippen LogP contribution in [0.15, 0.2) is 0 Å². The van der Waals surface area contributed by atoms with Gasteiger partial charge in [0.15, 0.2) is 5.78 Å². The summed E-state index contributed by atoms with van der Waals surface area (Å²) in [6, 6.07) is 0. The van der Waals surface area contributed by atoms with Gasteiger partial charge in [-0.2, -0.15) is 0 Å². The highest BCUT2D eigenvalue weighted by molar-refractivity contribution is 9.10. The van der Waals surface area contributed by atoms with E-state index in [0.29, 0.717) is 6.61 Å². The first kappa shape index (κ1) is 10.7. The van der Waals surface area contributed by atoms with Crippen LogP contribution in [0.2, 0.25) is 0 Å². The first-order chi connectivity index (χ1) is 6.16. The summed E-state index contributed by atoms with van der Waals surface area (Å²) < 4.78 is 9.80. The normalized spacial score (nSPS) is 28.6. The number of carbonyl (C=O) groups excluding carboxylic acids is 2. The lowest BCUT2D eigenvalue weighted by Gasteiger charge is -2.22. The molecule has 1 aliphatic heterocycles. The van der Waals surface area contributed by atoms with Gasteiger partial charge in [-0.15, -0.1) is 0 Å². The molecule has 1 rings (SSSR count). The highest BCUT2D eigenvalue weighted by Crippen LogP contribution is 2.17. The van der Waals surface area contributed by atoms with E-state index >= 15 is 0 Å². The lowest BCUT2D eigenvalue weighted by atomic mass is 10.0. The summed E-state index contributed by atoms with van der Waals surface area (Å²) in [5, 5.41) is 0.